The predicted octanol–water partition coefficient (Wildman–Crippen LogP) is 5.63. The van der Waals surface area contributed by atoms with Gasteiger partial charge in [-0.15, -0.1) is 0 Å². The van der Waals surface area contributed by atoms with Gasteiger partial charge in [-0.05, 0) is 51.1 Å². The second-order valence-electron chi connectivity index (χ2n) is 7.44. The number of para-hydroxylation sites is 1. The van der Waals surface area contributed by atoms with E-state index in [4.69, 9.17) is 0 Å². The normalized spacial score (nSPS) is 11.7. The van der Waals surface area contributed by atoms with Crippen LogP contribution in [0.1, 0.15) is 16.7 Å². The van der Waals surface area contributed by atoms with Gasteiger partial charge in [0, 0.05) is 23.5 Å². The average molecular weight is 405 g/mol. The highest BCUT2D eigenvalue weighted by atomic mass is 32.2. The molecule has 0 amide bonds. The van der Waals surface area contributed by atoms with Crippen molar-refractivity contribution >= 4 is 32.4 Å². The molecule has 4 rings (SSSR count). The molecule has 0 N–H and O–H groups in total. The van der Waals surface area contributed by atoms with Crippen molar-refractivity contribution in [2.75, 3.05) is 4.31 Å². The number of hydrogen-bond acceptors (Lipinski definition) is 2. The lowest BCUT2D eigenvalue weighted by Gasteiger charge is -2.26. The van der Waals surface area contributed by atoms with Crippen LogP contribution in [0.15, 0.2) is 77.7 Å². The van der Waals surface area contributed by atoms with E-state index in [0.717, 1.165) is 27.6 Å². The van der Waals surface area contributed by atoms with Gasteiger partial charge in [-0.1, -0.05) is 53.6 Å². The van der Waals surface area contributed by atoms with E-state index in [9.17, 15) is 8.42 Å². The number of aryl methyl sites for hydroxylation is 4. The zero-order chi connectivity index (χ0) is 20.8. The number of benzene rings is 3. The molecule has 5 heteroatoms. The predicted molar refractivity (Wildman–Crippen MR) is 119 cm³/mol. The van der Waals surface area contributed by atoms with E-state index in [2.05, 4.69) is 0 Å². The van der Waals surface area contributed by atoms with Crippen molar-refractivity contribution in [1.82, 2.24) is 4.57 Å². The highest BCUT2D eigenvalue weighted by molar-refractivity contribution is 7.93. The van der Waals surface area contributed by atoms with Crippen LogP contribution in [0.25, 0.3) is 10.9 Å². The molecule has 0 aliphatic rings. The second-order valence-corrected chi connectivity index (χ2v) is 9.23. The molecule has 0 unspecified atom stereocenters. The molecule has 0 saturated heterocycles. The Balaban J connectivity index is 2.03. The molecule has 0 fully saturated rings. The van der Waals surface area contributed by atoms with Crippen molar-refractivity contribution in [2.24, 2.45) is 7.05 Å². The molecule has 148 valence electrons. The summed E-state index contributed by atoms with van der Waals surface area (Å²) in [5.41, 5.74) is 4.64. The number of hydrogen-bond donors (Lipinski definition) is 0. The van der Waals surface area contributed by atoms with Crippen molar-refractivity contribution < 1.29 is 8.42 Å². The Morgan fingerprint density at radius 1 is 0.759 bits per heavy atom. The largest absolute Gasteiger partial charge is 0.329 e. The minimum Gasteiger partial charge on any atom is -0.329 e. The van der Waals surface area contributed by atoms with E-state index >= 15 is 0 Å². The van der Waals surface area contributed by atoms with Gasteiger partial charge in [0.25, 0.3) is 10.0 Å². The van der Waals surface area contributed by atoms with Gasteiger partial charge in [0.15, 0.2) is 0 Å². The van der Waals surface area contributed by atoms with Crippen LogP contribution in [0.5, 0.6) is 0 Å². The van der Waals surface area contributed by atoms with E-state index in [1.807, 2.05) is 93.0 Å². The number of fused-ring (bicyclic) bond motifs is 1. The monoisotopic (exact) mass is 404 g/mol. The van der Waals surface area contributed by atoms with Crippen LogP contribution in [-0.2, 0) is 17.1 Å². The summed E-state index contributed by atoms with van der Waals surface area (Å²) in [6.45, 7) is 5.91. The molecule has 0 saturated carbocycles. The van der Waals surface area contributed by atoms with Gasteiger partial charge in [0.2, 0.25) is 0 Å². The summed E-state index contributed by atoms with van der Waals surface area (Å²) >= 11 is 0. The van der Waals surface area contributed by atoms with Gasteiger partial charge in [0.05, 0.1) is 10.6 Å². The van der Waals surface area contributed by atoms with E-state index in [1.54, 1.807) is 12.1 Å². The standard InChI is InChI=1S/C24H24N2O2S/c1-17-9-13-20(14-10-17)26(29(27,28)21-15-11-18(2)12-16-21)24-19(3)22-7-5-6-8-23(22)25(24)4/h5-16H,1-4H3. The number of anilines is 2. The first kappa shape index (κ1) is 19.3. The maximum absolute atomic E-state index is 13.8. The molecule has 4 aromatic rings. The third-order valence-electron chi connectivity index (χ3n) is 5.34. The Morgan fingerprint density at radius 3 is 1.90 bits per heavy atom. The lowest BCUT2D eigenvalue weighted by Crippen LogP contribution is -2.28. The molecule has 1 heterocycles. The van der Waals surface area contributed by atoms with Gasteiger partial charge in [-0.25, -0.2) is 12.7 Å². The molecule has 3 aromatic carbocycles. The molecule has 0 spiro atoms. The number of nitrogens with zero attached hydrogens (tertiary/aromatic N) is 2. The van der Waals surface area contributed by atoms with E-state index in [0.29, 0.717) is 11.5 Å². The summed E-state index contributed by atoms with van der Waals surface area (Å²) in [5.74, 6) is 0.649. The van der Waals surface area contributed by atoms with Gasteiger partial charge >= 0.3 is 0 Å². The van der Waals surface area contributed by atoms with Crippen LogP contribution in [0.4, 0.5) is 11.5 Å². The molecule has 29 heavy (non-hydrogen) atoms. The molecule has 0 bridgehead atoms. The van der Waals surface area contributed by atoms with Crippen molar-refractivity contribution in [2.45, 2.75) is 25.7 Å². The number of sulfonamides is 1. The third-order valence-corrected chi connectivity index (χ3v) is 7.07. The minimum absolute atomic E-state index is 0.272. The maximum atomic E-state index is 13.8. The average Bonchev–Trinajstić information content (AvgIpc) is 2.95. The van der Waals surface area contributed by atoms with Crippen LogP contribution in [-0.4, -0.2) is 13.0 Å². The summed E-state index contributed by atoms with van der Waals surface area (Å²) in [4.78, 5) is 0.272. The van der Waals surface area contributed by atoms with Crippen LogP contribution in [0.3, 0.4) is 0 Å². The molecule has 0 radical (unpaired) electrons. The topological polar surface area (TPSA) is 42.3 Å². The third kappa shape index (κ3) is 3.21. The fourth-order valence-electron chi connectivity index (χ4n) is 3.73. The van der Waals surface area contributed by atoms with Crippen molar-refractivity contribution in [3.8, 4) is 0 Å². The quantitative estimate of drug-likeness (QED) is 0.442. The maximum Gasteiger partial charge on any atom is 0.269 e. The summed E-state index contributed by atoms with van der Waals surface area (Å²) in [6, 6.07) is 22.6. The fraction of sp³-hybridized carbons (Fsp3) is 0.167. The lowest BCUT2D eigenvalue weighted by atomic mass is 10.2. The fourth-order valence-corrected chi connectivity index (χ4v) is 5.31. The summed E-state index contributed by atoms with van der Waals surface area (Å²) in [6.07, 6.45) is 0. The van der Waals surface area contributed by atoms with Gasteiger partial charge in [0.1, 0.15) is 5.82 Å². The molecular weight excluding hydrogens is 380 g/mol. The van der Waals surface area contributed by atoms with Crippen LogP contribution in [0.2, 0.25) is 0 Å². The lowest BCUT2D eigenvalue weighted by molar-refractivity contribution is 0.595. The Labute approximate surface area is 172 Å². The van der Waals surface area contributed by atoms with Crippen LogP contribution < -0.4 is 4.31 Å². The SMILES string of the molecule is Cc1ccc(N(c2c(C)c3ccccc3n2C)S(=O)(=O)c2ccc(C)cc2)cc1. The zero-order valence-electron chi connectivity index (χ0n) is 17.0. The Hall–Kier alpha value is -3.05. The minimum atomic E-state index is -3.82. The van der Waals surface area contributed by atoms with Crippen molar-refractivity contribution in [1.29, 1.82) is 0 Å². The number of aromatic nitrogens is 1. The smallest absolute Gasteiger partial charge is 0.269 e. The van der Waals surface area contributed by atoms with E-state index in [1.165, 1.54) is 4.31 Å². The molecule has 0 atom stereocenters. The van der Waals surface area contributed by atoms with E-state index < -0.39 is 10.0 Å². The summed E-state index contributed by atoms with van der Waals surface area (Å²) in [5, 5.41) is 1.04. The van der Waals surface area contributed by atoms with E-state index in [-0.39, 0.29) is 4.90 Å². The highest BCUT2D eigenvalue weighted by Gasteiger charge is 2.31. The van der Waals surface area contributed by atoms with Crippen molar-refractivity contribution in [3.05, 3.63) is 89.5 Å². The Bertz CT molecular complexity index is 1250. The first-order valence-corrected chi connectivity index (χ1v) is 11.0. The molecule has 0 aliphatic heterocycles. The van der Waals surface area contributed by atoms with Crippen LogP contribution >= 0.6 is 0 Å². The highest BCUT2D eigenvalue weighted by Crippen LogP contribution is 2.39. The first-order valence-electron chi connectivity index (χ1n) is 9.53. The molecule has 0 aliphatic carbocycles. The Kier molecular flexibility index (Phi) is 4.71. The second kappa shape index (κ2) is 7.08. The summed E-state index contributed by atoms with van der Waals surface area (Å²) in [7, 11) is -1.90. The first-order chi connectivity index (χ1) is 13.8. The van der Waals surface area contributed by atoms with Crippen molar-refractivity contribution in [3.63, 3.8) is 0 Å². The molecule has 1 aromatic heterocycles. The van der Waals surface area contributed by atoms with Gasteiger partial charge < -0.3 is 4.57 Å². The summed E-state index contributed by atoms with van der Waals surface area (Å²) < 4.78 is 31.1. The zero-order valence-corrected chi connectivity index (χ0v) is 17.9. The Morgan fingerprint density at radius 2 is 1.31 bits per heavy atom. The van der Waals surface area contributed by atoms with Gasteiger partial charge in [-0.2, -0.15) is 0 Å². The van der Waals surface area contributed by atoms with Gasteiger partial charge in [-0.3, -0.25) is 0 Å². The molecular formula is C24H24N2O2S. The number of rotatable bonds is 4. The van der Waals surface area contributed by atoms with Crippen LogP contribution in [0, 0.1) is 20.8 Å². The molecule has 4 nitrogen and oxygen atoms in total.